The molecule has 2 saturated heterocycles. The Labute approximate surface area is 117 Å². The van der Waals surface area contributed by atoms with Gasteiger partial charge >= 0.3 is 0 Å². The van der Waals surface area contributed by atoms with E-state index in [1.165, 1.54) is 58.0 Å². The molecule has 3 aliphatic rings. The molecular weight excluding hydrogens is 236 g/mol. The molecule has 2 N–H and O–H groups in total. The summed E-state index contributed by atoms with van der Waals surface area (Å²) < 4.78 is 5.50. The maximum absolute atomic E-state index is 5.50. The Morgan fingerprint density at radius 1 is 1.16 bits per heavy atom. The van der Waals surface area contributed by atoms with Crippen LogP contribution in [0.1, 0.15) is 51.9 Å². The van der Waals surface area contributed by atoms with E-state index in [0.29, 0.717) is 5.41 Å². The first kappa shape index (κ1) is 13.8. The highest BCUT2D eigenvalue weighted by molar-refractivity contribution is 4.94. The number of hydrogen-bond acceptors (Lipinski definition) is 3. The second kappa shape index (κ2) is 6.11. The van der Waals surface area contributed by atoms with Crippen LogP contribution in [0.15, 0.2) is 0 Å². The van der Waals surface area contributed by atoms with E-state index in [1.807, 2.05) is 0 Å². The average Bonchev–Trinajstić information content (AvgIpc) is 3.08. The summed E-state index contributed by atoms with van der Waals surface area (Å²) in [6.45, 7) is 6.76. The van der Waals surface area contributed by atoms with Crippen LogP contribution in [0.4, 0.5) is 0 Å². The van der Waals surface area contributed by atoms with E-state index in [0.717, 1.165) is 31.2 Å². The van der Waals surface area contributed by atoms with Crippen molar-refractivity contribution in [1.29, 1.82) is 0 Å². The van der Waals surface area contributed by atoms with Crippen LogP contribution >= 0.6 is 0 Å². The molecule has 3 unspecified atom stereocenters. The third-order valence-electron chi connectivity index (χ3n) is 5.68. The van der Waals surface area contributed by atoms with Crippen molar-refractivity contribution < 1.29 is 4.74 Å². The Hall–Kier alpha value is -0.120. The number of nitrogens with one attached hydrogen (secondary N) is 2. The van der Waals surface area contributed by atoms with Gasteiger partial charge in [0.2, 0.25) is 0 Å². The lowest BCUT2D eigenvalue weighted by molar-refractivity contribution is 0.0220. The molecule has 110 valence electrons. The molecule has 3 heteroatoms. The van der Waals surface area contributed by atoms with Crippen LogP contribution < -0.4 is 10.6 Å². The predicted octanol–water partition coefficient (Wildman–Crippen LogP) is 2.31. The second-order valence-electron chi connectivity index (χ2n) is 7.21. The maximum atomic E-state index is 5.50. The molecular formula is C16H30N2O. The van der Waals surface area contributed by atoms with E-state index in [-0.39, 0.29) is 0 Å². The summed E-state index contributed by atoms with van der Waals surface area (Å²) in [6.07, 6.45) is 9.44. The van der Waals surface area contributed by atoms with Crippen molar-refractivity contribution in [2.24, 2.45) is 11.3 Å². The monoisotopic (exact) mass is 266 g/mol. The SMILES string of the molecule is CC1(CNC2CCCC2C2CCCN2)CCOCC1. The maximum Gasteiger partial charge on any atom is 0.0471 e. The van der Waals surface area contributed by atoms with Crippen LogP contribution in [0.2, 0.25) is 0 Å². The van der Waals surface area contributed by atoms with Crippen molar-refractivity contribution in [2.75, 3.05) is 26.3 Å². The van der Waals surface area contributed by atoms with Crippen LogP contribution in [0, 0.1) is 11.3 Å². The molecule has 0 amide bonds. The minimum atomic E-state index is 0.467. The first-order chi connectivity index (χ1) is 9.27. The fourth-order valence-electron chi connectivity index (χ4n) is 4.22. The van der Waals surface area contributed by atoms with E-state index in [4.69, 9.17) is 4.74 Å². The van der Waals surface area contributed by atoms with Gasteiger partial charge in [0.15, 0.2) is 0 Å². The highest BCUT2D eigenvalue weighted by atomic mass is 16.5. The number of hydrogen-bond donors (Lipinski definition) is 2. The summed E-state index contributed by atoms with van der Waals surface area (Å²) in [7, 11) is 0. The average molecular weight is 266 g/mol. The Kier molecular flexibility index (Phi) is 4.45. The van der Waals surface area contributed by atoms with Crippen molar-refractivity contribution in [1.82, 2.24) is 10.6 Å². The van der Waals surface area contributed by atoms with Gasteiger partial charge in [0.05, 0.1) is 0 Å². The van der Waals surface area contributed by atoms with E-state index in [9.17, 15) is 0 Å². The summed E-state index contributed by atoms with van der Waals surface area (Å²) in [5, 5.41) is 7.64. The first-order valence-electron chi connectivity index (χ1n) is 8.31. The Bertz CT molecular complexity index is 282. The highest BCUT2D eigenvalue weighted by Gasteiger charge is 2.36. The molecule has 0 aromatic rings. The Morgan fingerprint density at radius 2 is 2.00 bits per heavy atom. The molecule has 3 rings (SSSR count). The van der Waals surface area contributed by atoms with Gasteiger partial charge in [-0.1, -0.05) is 13.3 Å². The van der Waals surface area contributed by atoms with Gasteiger partial charge in [-0.05, 0) is 56.4 Å². The molecule has 0 radical (unpaired) electrons. The molecule has 1 saturated carbocycles. The molecule has 3 atom stereocenters. The summed E-state index contributed by atoms with van der Waals surface area (Å²) in [4.78, 5) is 0. The van der Waals surface area contributed by atoms with Gasteiger partial charge < -0.3 is 15.4 Å². The molecule has 19 heavy (non-hydrogen) atoms. The van der Waals surface area contributed by atoms with Crippen molar-refractivity contribution >= 4 is 0 Å². The van der Waals surface area contributed by atoms with Gasteiger partial charge in [0, 0.05) is 31.8 Å². The van der Waals surface area contributed by atoms with E-state index < -0.39 is 0 Å². The van der Waals surface area contributed by atoms with Crippen LogP contribution in [0.5, 0.6) is 0 Å². The summed E-state index contributed by atoms with van der Waals surface area (Å²) >= 11 is 0. The number of rotatable bonds is 4. The smallest absolute Gasteiger partial charge is 0.0471 e. The topological polar surface area (TPSA) is 33.3 Å². The van der Waals surface area contributed by atoms with Crippen LogP contribution in [-0.2, 0) is 4.74 Å². The first-order valence-corrected chi connectivity index (χ1v) is 8.31. The van der Waals surface area contributed by atoms with E-state index >= 15 is 0 Å². The fourth-order valence-corrected chi connectivity index (χ4v) is 4.22. The van der Waals surface area contributed by atoms with Crippen molar-refractivity contribution in [3.8, 4) is 0 Å². The molecule has 3 nitrogen and oxygen atoms in total. The zero-order valence-corrected chi connectivity index (χ0v) is 12.4. The molecule has 2 aliphatic heterocycles. The van der Waals surface area contributed by atoms with Gasteiger partial charge in [0.1, 0.15) is 0 Å². The lowest BCUT2D eigenvalue weighted by Gasteiger charge is -2.36. The molecule has 0 aromatic carbocycles. The summed E-state index contributed by atoms with van der Waals surface area (Å²) in [6, 6.07) is 1.55. The lowest BCUT2D eigenvalue weighted by atomic mass is 9.81. The predicted molar refractivity (Wildman–Crippen MR) is 78.3 cm³/mol. The number of ether oxygens (including phenoxy) is 1. The largest absolute Gasteiger partial charge is 0.381 e. The van der Waals surface area contributed by atoms with E-state index in [1.54, 1.807) is 0 Å². The standard InChI is InChI=1S/C16H30N2O/c1-16(7-10-19-11-8-16)12-18-15-5-2-4-13(15)14-6-3-9-17-14/h13-15,17-18H,2-12H2,1H3. The van der Waals surface area contributed by atoms with Crippen molar-refractivity contribution in [3.05, 3.63) is 0 Å². The van der Waals surface area contributed by atoms with E-state index in [2.05, 4.69) is 17.6 Å². The molecule has 0 spiro atoms. The van der Waals surface area contributed by atoms with Crippen LogP contribution in [0.3, 0.4) is 0 Å². The van der Waals surface area contributed by atoms with Crippen molar-refractivity contribution in [3.63, 3.8) is 0 Å². The lowest BCUT2D eigenvalue weighted by Crippen LogP contribution is -2.46. The minimum absolute atomic E-state index is 0.467. The molecule has 2 heterocycles. The normalized spacial score (nSPS) is 38.7. The summed E-state index contributed by atoms with van der Waals surface area (Å²) in [5.74, 6) is 0.881. The quantitative estimate of drug-likeness (QED) is 0.819. The Balaban J connectivity index is 1.50. The molecule has 0 bridgehead atoms. The Morgan fingerprint density at radius 3 is 2.74 bits per heavy atom. The van der Waals surface area contributed by atoms with Crippen LogP contribution in [0.25, 0.3) is 0 Å². The molecule has 3 fully saturated rings. The second-order valence-corrected chi connectivity index (χ2v) is 7.21. The minimum Gasteiger partial charge on any atom is -0.381 e. The fraction of sp³-hybridized carbons (Fsp3) is 1.00. The molecule has 0 aromatic heterocycles. The third kappa shape index (κ3) is 3.32. The molecule has 1 aliphatic carbocycles. The van der Waals surface area contributed by atoms with Gasteiger partial charge in [-0.25, -0.2) is 0 Å². The zero-order chi connectivity index (χ0) is 13.1. The highest BCUT2D eigenvalue weighted by Crippen LogP contribution is 2.34. The zero-order valence-electron chi connectivity index (χ0n) is 12.4. The van der Waals surface area contributed by atoms with Crippen LogP contribution in [-0.4, -0.2) is 38.4 Å². The van der Waals surface area contributed by atoms with Gasteiger partial charge in [-0.3, -0.25) is 0 Å². The van der Waals surface area contributed by atoms with Crippen molar-refractivity contribution in [2.45, 2.75) is 64.0 Å². The summed E-state index contributed by atoms with van der Waals surface area (Å²) in [5.41, 5.74) is 0.467. The van der Waals surface area contributed by atoms with Gasteiger partial charge in [-0.15, -0.1) is 0 Å². The van der Waals surface area contributed by atoms with Gasteiger partial charge in [-0.2, -0.15) is 0 Å². The third-order valence-corrected chi connectivity index (χ3v) is 5.68. The van der Waals surface area contributed by atoms with Gasteiger partial charge in [0.25, 0.3) is 0 Å².